The molecule has 1 aromatic rings. The highest BCUT2D eigenvalue weighted by atomic mass is 16.3. The van der Waals surface area contributed by atoms with Crippen molar-refractivity contribution in [3.63, 3.8) is 0 Å². The molecule has 1 fully saturated rings. The lowest BCUT2D eigenvalue weighted by molar-refractivity contribution is 0.125. The minimum Gasteiger partial charge on any atom is -0.468 e. The Labute approximate surface area is 111 Å². The van der Waals surface area contributed by atoms with Gasteiger partial charge in [0.25, 0.3) is 0 Å². The van der Waals surface area contributed by atoms with E-state index in [1.54, 1.807) is 0 Å². The fourth-order valence-electron chi connectivity index (χ4n) is 3.12. The van der Waals surface area contributed by atoms with Crippen LogP contribution in [0.15, 0.2) is 16.7 Å². The Kier molecular flexibility index (Phi) is 4.84. The summed E-state index contributed by atoms with van der Waals surface area (Å²) in [6, 6.07) is 2.89. The number of hydrogen-bond donors (Lipinski definition) is 1. The third kappa shape index (κ3) is 3.36. The van der Waals surface area contributed by atoms with E-state index in [1.807, 2.05) is 13.3 Å². The number of nitrogens with zero attached hydrogens (tertiary/aromatic N) is 1. The zero-order chi connectivity index (χ0) is 13.0. The second-order valence-electron chi connectivity index (χ2n) is 5.70. The predicted octanol–water partition coefficient (Wildman–Crippen LogP) is 3.01. The summed E-state index contributed by atoms with van der Waals surface area (Å²) < 4.78 is 5.63. The highest BCUT2D eigenvalue weighted by Crippen LogP contribution is 2.28. The van der Waals surface area contributed by atoms with Crippen LogP contribution in [0.25, 0.3) is 0 Å². The Morgan fingerprint density at radius 2 is 2.17 bits per heavy atom. The summed E-state index contributed by atoms with van der Waals surface area (Å²) in [6.07, 6.45) is 7.35. The zero-order valence-electron chi connectivity index (χ0n) is 11.9. The lowest BCUT2D eigenvalue weighted by Crippen LogP contribution is -2.38. The van der Waals surface area contributed by atoms with Gasteiger partial charge in [0.15, 0.2) is 0 Å². The van der Waals surface area contributed by atoms with Crippen LogP contribution >= 0.6 is 0 Å². The fraction of sp³-hybridized carbons (Fsp3) is 0.733. The maximum atomic E-state index is 5.63. The Hall–Kier alpha value is -0.800. The van der Waals surface area contributed by atoms with E-state index in [-0.39, 0.29) is 0 Å². The Bertz CT molecular complexity index is 361. The molecule has 1 saturated carbocycles. The average molecular weight is 250 g/mol. The van der Waals surface area contributed by atoms with E-state index >= 15 is 0 Å². The molecule has 102 valence electrons. The van der Waals surface area contributed by atoms with Gasteiger partial charge in [0, 0.05) is 18.2 Å². The van der Waals surface area contributed by atoms with E-state index in [0.29, 0.717) is 0 Å². The van der Waals surface area contributed by atoms with Crippen molar-refractivity contribution < 1.29 is 4.42 Å². The van der Waals surface area contributed by atoms with Crippen molar-refractivity contribution in [3.05, 3.63) is 23.7 Å². The fourth-order valence-corrected chi connectivity index (χ4v) is 3.12. The molecule has 3 nitrogen and oxygen atoms in total. The molecular formula is C15H26N2O. The van der Waals surface area contributed by atoms with E-state index in [9.17, 15) is 0 Å². The van der Waals surface area contributed by atoms with Crippen molar-refractivity contribution in [1.82, 2.24) is 10.2 Å². The topological polar surface area (TPSA) is 28.4 Å². The van der Waals surface area contributed by atoms with Gasteiger partial charge in [-0.15, -0.1) is 0 Å². The normalized spacial score (nSPS) is 24.7. The van der Waals surface area contributed by atoms with E-state index in [2.05, 4.69) is 30.3 Å². The molecule has 0 aromatic carbocycles. The van der Waals surface area contributed by atoms with Crippen molar-refractivity contribution in [1.29, 1.82) is 0 Å². The van der Waals surface area contributed by atoms with Gasteiger partial charge in [-0.1, -0.05) is 19.8 Å². The van der Waals surface area contributed by atoms with Crippen LogP contribution in [0, 0.1) is 5.92 Å². The van der Waals surface area contributed by atoms with Crippen LogP contribution in [0.3, 0.4) is 0 Å². The molecular weight excluding hydrogens is 224 g/mol. The van der Waals surface area contributed by atoms with Crippen molar-refractivity contribution >= 4 is 0 Å². The highest BCUT2D eigenvalue weighted by Gasteiger charge is 2.25. The summed E-state index contributed by atoms with van der Waals surface area (Å²) in [4.78, 5) is 2.46. The van der Waals surface area contributed by atoms with Crippen LogP contribution in [-0.4, -0.2) is 25.0 Å². The molecule has 1 N–H and O–H groups in total. The lowest BCUT2D eigenvalue weighted by Gasteiger charge is -2.35. The first-order chi connectivity index (χ1) is 8.70. The Morgan fingerprint density at radius 1 is 1.39 bits per heavy atom. The van der Waals surface area contributed by atoms with Gasteiger partial charge in [-0.25, -0.2) is 0 Å². The van der Waals surface area contributed by atoms with Gasteiger partial charge in [-0.05, 0) is 38.9 Å². The molecule has 0 bridgehead atoms. The maximum Gasteiger partial charge on any atom is 0.118 e. The number of rotatable bonds is 5. The van der Waals surface area contributed by atoms with Crippen LogP contribution in [-0.2, 0) is 13.1 Å². The summed E-state index contributed by atoms with van der Waals surface area (Å²) in [5, 5.41) is 3.15. The minimum absolute atomic E-state index is 0.719. The summed E-state index contributed by atoms with van der Waals surface area (Å²) in [5.74, 6) is 1.90. The zero-order valence-corrected chi connectivity index (χ0v) is 11.9. The van der Waals surface area contributed by atoms with Crippen LogP contribution in [0.5, 0.6) is 0 Å². The first-order valence-corrected chi connectivity index (χ1v) is 7.12. The smallest absolute Gasteiger partial charge is 0.118 e. The van der Waals surface area contributed by atoms with Gasteiger partial charge in [-0.2, -0.15) is 0 Å². The summed E-state index contributed by atoms with van der Waals surface area (Å²) in [6.45, 7) is 4.20. The number of nitrogens with one attached hydrogen (secondary N) is 1. The summed E-state index contributed by atoms with van der Waals surface area (Å²) in [5.41, 5.74) is 1.23. The van der Waals surface area contributed by atoms with Gasteiger partial charge < -0.3 is 9.73 Å². The van der Waals surface area contributed by atoms with Crippen LogP contribution < -0.4 is 5.32 Å². The molecule has 0 radical (unpaired) electrons. The molecule has 2 unspecified atom stereocenters. The molecule has 0 aliphatic heterocycles. The second kappa shape index (κ2) is 6.39. The standard InChI is InChI=1S/C15H26N2O/c1-12-6-4-5-7-15(12)17(3)10-14-8-13(9-16-2)11-18-14/h8,11-12,15-16H,4-7,9-10H2,1-3H3. The monoisotopic (exact) mass is 250 g/mol. The van der Waals surface area contributed by atoms with Crippen LogP contribution in [0.1, 0.15) is 43.9 Å². The molecule has 1 aliphatic rings. The molecule has 1 aromatic heterocycles. The lowest BCUT2D eigenvalue weighted by atomic mass is 9.85. The van der Waals surface area contributed by atoms with E-state index in [0.717, 1.165) is 30.8 Å². The van der Waals surface area contributed by atoms with Gasteiger partial charge in [0.2, 0.25) is 0 Å². The SMILES string of the molecule is CNCc1coc(CN(C)C2CCCCC2C)c1. The molecule has 18 heavy (non-hydrogen) atoms. The van der Waals surface area contributed by atoms with Crippen molar-refractivity contribution in [2.75, 3.05) is 14.1 Å². The van der Waals surface area contributed by atoms with Gasteiger partial charge in [0.1, 0.15) is 5.76 Å². The first kappa shape index (κ1) is 13.6. The molecule has 2 rings (SSSR count). The number of hydrogen-bond acceptors (Lipinski definition) is 3. The largest absolute Gasteiger partial charge is 0.468 e. The quantitative estimate of drug-likeness (QED) is 0.871. The molecule has 3 heteroatoms. The van der Waals surface area contributed by atoms with E-state index in [4.69, 9.17) is 4.42 Å². The van der Waals surface area contributed by atoms with E-state index in [1.165, 1.54) is 31.2 Å². The average Bonchev–Trinajstić information content (AvgIpc) is 2.77. The summed E-state index contributed by atoms with van der Waals surface area (Å²) >= 11 is 0. The van der Waals surface area contributed by atoms with Crippen molar-refractivity contribution in [2.45, 2.75) is 51.7 Å². The Morgan fingerprint density at radius 3 is 2.89 bits per heavy atom. The third-order valence-corrected chi connectivity index (χ3v) is 4.13. The first-order valence-electron chi connectivity index (χ1n) is 7.12. The van der Waals surface area contributed by atoms with E-state index < -0.39 is 0 Å². The molecule has 0 amide bonds. The molecule has 1 aliphatic carbocycles. The van der Waals surface area contributed by atoms with Crippen molar-refractivity contribution in [3.8, 4) is 0 Å². The van der Waals surface area contributed by atoms with Crippen LogP contribution in [0.4, 0.5) is 0 Å². The second-order valence-corrected chi connectivity index (χ2v) is 5.70. The van der Waals surface area contributed by atoms with Gasteiger partial charge in [-0.3, -0.25) is 4.90 Å². The minimum atomic E-state index is 0.719. The number of furan rings is 1. The molecule has 0 spiro atoms. The maximum absolute atomic E-state index is 5.63. The summed E-state index contributed by atoms with van der Waals surface area (Å²) in [7, 11) is 4.19. The molecule has 2 atom stereocenters. The predicted molar refractivity (Wildman–Crippen MR) is 74.4 cm³/mol. The van der Waals surface area contributed by atoms with Gasteiger partial charge in [0.05, 0.1) is 12.8 Å². The molecule has 0 saturated heterocycles. The highest BCUT2D eigenvalue weighted by molar-refractivity contribution is 5.12. The van der Waals surface area contributed by atoms with Crippen LogP contribution in [0.2, 0.25) is 0 Å². The molecule has 1 heterocycles. The Balaban J connectivity index is 1.90. The van der Waals surface area contributed by atoms with Gasteiger partial charge >= 0.3 is 0 Å². The third-order valence-electron chi connectivity index (χ3n) is 4.13. The van der Waals surface area contributed by atoms with Crippen molar-refractivity contribution in [2.24, 2.45) is 5.92 Å².